The number of aryl methyl sites for hydroxylation is 1. The number of hydrogen-bond donors (Lipinski definition) is 2. The minimum atomic E-state index is -0.663. The first-order valence-electron chi connectivity index (χ1n) is 8.69. The van der Waals surface area contributed by atoms with Crippen molar-refractivity contribution in [2.24, 2.45) is 0 Å². The summed E-state index contributed by atoms with van der Waals surface area (Å²) in [5.74, 6) is -0.628. The van der Waals surface area contributed by atoms with Gasteiger partial charge in [0.25, 0.3) is 5.91 Å². The Balaban J connectivity index is 1.87. The molecule has 1 aliphatic rings. The van der Waals surface area contributed by atoms with Crippen molar-refractivity contribution in [1.82, 2.24) is 0 Å². The van der Waals surface area contributed by atoms with Crippen LogP contribution in [0.15, 0.2) is 66.7 Å². The van der Waals surface area contributed by atoms with Gasteiger partial charge in [-0.3, -0.25) is 19.8 Å². The molecule has 4 rings (SSSR count). The monoisotopic (exact) mass is 375 g/mol. The van der Waals surface area contributed by atoms with Crippen LogP contribution in [0.3, 0.4) is 0 Å². The second-order valence-corrected chi connectivity index (χ2v) is 6.61. The number of carbonyl (C=O) groups is 1. The molecule has 1 heterocycles. The van der Waals surface area contributed by atoms with E-state index in [1.807, 2.05) is 37.3 Å². The Bertz CT molecular complexity index is 1080. The summed E-state index contributed by atoms with van der Waals surface area (Å²) in [6, 6.07) is 18.7. The highest BCUT2D eigenvalue weighted by atomic mass is 16.6. The molecule has 0 fully saturated rings. The minimum absolute atomic E-state index is 0.209. The summed E-state index contributed by atoms with van der Waals surface area (Å²) in [6.45, 7) is 1.95. The van der Waals surface area contributed by atoms with Gasteiger partial charge in [-0.25, -0.2) is 0 Å². The van der Waals surface area contributed by atoms with Crippen molar-refractivity contribution in [2.45, 2.75) is 13.1 Å². The second kappa shape index (κ2) is 6.70. The number of phenolic OH excluding ortho intramolecular Hbond substituents is 1. The molecule has 3 aromatic carbocycles. The van der Waals surface area contributed by atoms with Gasteiger partial charge in [-0.15, -0.1) is 0 Å². The third-order valence-corrected chi connectivity index (χ3v) is 4.75. The van der Waals surface area contributed by atoms with E-state index in [1.54, 1.807) is 29.2 Å². The first-order valence-corrected chi connectivity index (χ1v) is 8.69. The maximum atomic E-state index is 13.3. The highest BCUT2D eigenvalue weighted by Crippen LogP contribution is 2.38. The summed E-state index contributed by atoms with van der Waals surface area (Å²) in [6.07, 6.45) is -0.663. The molecule has 28 heavy (non-hydrogen) atoms. The first-order chi connectivity index (χ1) is 13.5. The zero-order valence-electron chi connectivity index (χ0n) is 15.0. The van der Waals surface area contributed by atoms with Crippen LogP contribution in [0.1, 0.15) is 27.7 Å². The van der Waals surface area contributed by atoms with Gasteiger partial charge in [-0.2, -0.15) is 0 Å². The van der Waals surface area contributed by atoms with Crippen molar-refractivity contribution < 1.29 is 14.8 Å². The topological polar surface area (TPSA) is 95.7 Å². The zero-order valence-corrected chi connectivity index (χ0v) is 15.0. The van der Waals surface area contributed by atoms with E-state index in [-0.39, 0.29) is 5.91 Å². The van der Waals surface area contributed by atoms with Crippen molar-refractivity contribution in [2.75, 3.05) is 10.2 Å². The van der Waals surface area contributed by atoms with Crippen LogP contribution in [0.5, 0.6) is 5.75 Å². The lowest BCUT2D eigenvalue weighted by molar-refractivity contribution is -0.385. The van der Waals surface area contributed by atoms with Crippen molar-refractivity contribution in [3.8, 4) is 5.75 Å². The largest absolute Gasteiger partial charge is 0.502 e. The SMILES string of the molecule is Cc1ccc(N2C(=O)c3ccccc3N[C@H]2c2ccc(O)c([N+](=O)[O-])c2)cc1. The zero-order chi connectivity index (χ0) is 19.8. The molecular formula is C21H17N3O4. The lowest BCUT2D eigenvalue weighted by Crippen LogP contribution is -2.43. The number of nitrogens with zero attached hydrogens (tertiary/aromatic N) is 2. The van der Waals surface area contributed by atoms with Crippen molar-refractivity contribution >= 4 is 23.0 Å². The third kappa shape index (κ3) is 2.92. The Kier molecular flexibility index (Phi) is 4.19. The molecule has 0 saturated heterocycles. The van der Waals surface area contributed by atoms with Gasteiger partial charge in [0, 0.05) is 23.0 Å². The molecule has 3 aromatic rings. The van der Waals surface area contributed by atoms with Gasteiger partial charge in [0.15, 0.2) is 5.75 Å². The number of para-hydroxylation sites is 1. The number of fused-ring (bicyclic) bond motifs is 1. The standard InChI is InChI=1S/C21H17N3O4/c1-13-6-9-15(10-7-13)23-20(14-8-11-19(25)18(12-14)24(27)28)22-17-5-3-2-4-16(17)21(23)26/h2-12,20,22,25H,1H3/t20-/m1/s1. The van der Waals surface area contributed by atoms with Crippen molar-refractivity contribution in [3.63, 3.8) is 0 Å². The molecule has 0 aromatic heterocycles. The summed E-state index contributed by atoms with van der Waals surface area (Å²) in [5, 5.41) is 24.3. The molecule has 140 valence electrons. The van der Waals surface area contributed by atoms with Gasteiger partial charge in [0.2, 0.25) is 0 Å². The lowest BCUT2D eigenvalue weighted by Gasteiger charge is -2.38. The van der Waals surface area contributed by atoms with E-state index < -0.39 is 22.5 Å². The highest BCUT2D eigenvalue weighted by Gasteiger charge is 2.35. The first kappa shape index (κ1) is 17.5. The van der Waals surface area contributed by atoms with E-state index >= 15 is 0 Å². The van der Waals surface area contributed by atoms with Crippen molar-refractivity contribution in [3.05, 3.63) is 93.5 Å². The number of nitrogens with one attached hydrogen (secondary N) is 1. The van der Waals surface area contributed by atoms with Gasteiger partial charge in [-0.05, 0) is 37.3 Å². The Labute approximate surface area is 161 Å². The number of phenols is 1. The van der Waals surface area contributed by atoms with Crippen LogP contribution in [0.4, 0.5) is 17.1 Å². The number of hydrogen-bond acceptors (Lipinski definition) is 5. The fourth-order valence-corrected chi connectivity index (χ4v) is 3.32. The molecule has 0 radical (unpaired) electrons. The number of amides is 1. The fraction of sp³-hybridized carbons (Fsp3) is 0.0952. The van der Waals surface area contributed by atoms with Gasteiger partial charge in [0.1, 0.15) is 6.17 Å². The number of aromatic hydroxyl groups is 1. The second-order valence-electron chi connectivity index (χ2n) is 6.61. The number of nitro benzene ring substituents is 1. The van der Waals surface area contributed by atoms with Crippen LogP contribution >= 0.6 is 0 Å². The van der Waals surface area contributed by atoms with Crippen LogP contribution in [0, 0.1) is 17.0 Å². The Morgan fingerprint density at radius 2 is 1.79 bits per heavy atom. The molecule has 0 bridgehead atoms. The van der Waals surface area contributed by atoms with Crippen molar-refractivity contribution in [1.29, 1.82) is 0 Å². The predicted octanol–water partition coefficient (Wildman–Crippen LogP) is 4.38. The molecular weight excluding hydrogens is 358 g/mol. The molecule has 0 aliphatic carbocycles. The molecule has 0 saturated carbocycles. The molecule has 7 heteroatoms. The number of carbonyl (C=O) groups excluding carboxylic acids is 1. The quantitative estimate of drug-likeness (QED) is 0.523. The fourth-order valence-electron chi connectivity index (χ4n) is 3.32. The normalized spacial score (nSPS) is 15.7. The lowest BCUT2D eigenvalue weighted by atomic mass is 10.0. The van der Waals surface area contributed by atoms with E-state index in [0.29, 0.717) is 22.5 Å². The Hall–Kier alpha value is -3.87. The minimum Gasteiger partial charge on any atom is -0.502 e. The van der Waals surface area contributed by atoms with Crippen LogP contribution in [0.2, 0.25) is 0 Å². The number of benzene rings is 3. The van der Waals surface area contributed by atoms with Gasteiger partial charge >= 0.3 is 5.69 Å². The van der Waals surface area contributed by atoms with E-state index in [1.165, 1.54) is 12.1 Å². The predicted molar refractivity (Wildman–Crippen MR) is 106 cm³/mol. The van der Waals surface area contributed by atoms with Crippen LogP contribution in [-0.4, -0.2) is 15.9 Å². The molecule has 0 spiro atoms. The molecule has 1 amide bonds. The smallest absolute Gasteiger partial charge is 0.311 e. The maximum absolute atomic E-state index is 13.3. The van der Waals surface area contributed by atoms with Crippen LogP contribution in [-0.2, 0) is 0 Å². The van der Waals surface area contributed by atoms with E-state index in [0.717, 1.165) is 5.56 Å². The Morgan fingerprint density at radius 1 is 1.07 bits per heavy atom. The van der Waals surface area contributed by atoms with Gasteiger partial charge in [0.05, 0.1) is 10.5 Å². The molecule has 7 nitrogen and oxygen atoms in total. The highest BCUT2D eigenvalue weighted by molar-refractivity contribution is 6.12. The Morgan fingerprint density at radius 3 is 2.50 bits per heavy atom. The van der Waals surface area contributed by atoms with Crippen LogP contribution < -0.4 is 10.2 Å². The number of nitro groups is 1. The van der Waals surface area contributed by atoms with E-state index in [9.17, 15) is 20.0 Å². The third-order valence-electron chi connectivity index (χ3n) is 4.75. The van der Waals surface area contributed by atoms with E-state index in [2.05, 4.69) is 5.32 Å². The molecule has 1 aliphatic heterocycles. The summed E-state index contributed by atoms with van der Waals surface area (Å²) in [7, 11) is 0. The van der Waals surface area contributed by atoms with Gasteiger partial charge < -0.3 is 10.4 Å². The molecule has 2 N–H and O–H groups in total. The van der Waals surface area contributed by atoms with E-state index in [4.69, 9.17) is 0 Å². The summed E-state index contributed by atoms with van der Waals surface area (Å²) in [5.41, 5.74) is 2.98. The van der Waals surface area contributed by atoms with Gasteiger partial charge in [-0.1, -0.05) is 35.9 Å². The number of rotatable bonds is 3. The molecule has 1 atom stereocenters. The maximum Gasteiger partial charge on any atom is 0.311 e. The average molecular weight is 375 g/mol. The number of anilines is 2. The summed E-state index contributed by atoms with van der Waals surface area (Å²) >= 11 is 0. The summed E-state index contributed by atoms with van der Waals surface area (Å²) < 4.78 is 0. The molecule has 0 unspecified atom stereocenters. The summed E-state index contributed by atoms with van der Waals surface area (Å²) in [4.78, 5) is 25.4. The average Bonchev–Trinajstić information content (AvgIpc) is 2.69. The van der Waals surface area contributed by atoms with Crippen LogP contribution in [0.25, 0.3) is 0 Å².